The number of aromatic nitrogens is 3. The van der Waals surface area contributed by atoms with Crippen molar-refractivity contribution in [3.8, 4) is 5.69 Å². The average Bonchev–Trinajstić information content (AvgIpc) is 3.15. The summed E-state index contributed by atoms with van der Waals surface area (Å²) in [5.74, 6) is 0.339. The maximum atomic E-state index is 14.9. The number of nitrogens with two attached hydrogens (primary N) is 1. The molecule has 1 aromatic heterocycles. The van der Waals surface area contributed by atoms with Crippen LogP contribution in [0.1, 0.15) is 22.8 Å². The van der Waals surface area contributed by atoms with Gasteiger partial charge in [0.25, 0.3) is 0 Å². The molecule has 0 fully saturated rings. The van der Waals surface area contributed by atoms with E-state index < -0.39 is 15.8 Å². The number of hydrogen-bond donors (Lipinski definition) is 1. The monoisotopic (exact) mass is 465 g/mol. The van der Waals surface area contributed by atoms with Gasteiger partial charge in [0.15, 0.2) is 5.82 Å². The van der Waals surface area contributed by atoms with Crippen LogP contribution in [0, 0.1) is 5.82 Å². The minimum Gasteiger partial charge on any atom is -0.295 e. The maximum Gasteiger partial charge on any atom is 0.238 e. The third-order valence-corrected chi connectivity index (χ3v) is 6.02. The Labute approximate surface area is 192 Å². The van der Waals surface area contributed by atoms with Crippen molar-refractivity contribution in [2.45, 2.75) is 24.4 Å². The van der Waals surface area contributed by atoms with Crippen molar-refractivity contribution in [1.82, 2.24) is 19.7 Å². The lowest BCUT2D eigenvalue weighted by Crippen LogP contribution is -2.18. The molecular formula is C24H24FN5O2S. The van der Waals surface area contributed by atoms with E-state index in [4.69, 9.17) is 5.14 Å². The van der Waals surface area contributed by atoms with Crippen LogP contribution in [0.15, 0.2) is 83.8 Å². The highest BCUT2D eigenvalue weighted by Gasteiger charge is 2.19. The predicted molar refractivity (Wildman–Crippen MR) is 124 cm³/mol. The van der Waals surface area contributed by atoms with Crippen LogP contribution in [0.3, 0.4) is 0 Å². The third-order valence-electron chi connectivity index (χ3n) is 5.11. The number of nitrogens with zero attached hydrogens (tertiary/aromatic N) is 4. The van der Waals surface area contributed by atoms with Crippen LogP contribution in [0.2, 0.25) is 0 Å². The van der Waals surface area contributed by atoms with Gasteiger partial charge in [-0.2, -0.15) is 0 Å². The van der Waals surface area contributed by atoms with Crippen molar-refractivity contribution in [2.24, 2.45) is 5.14 Å². The van der Waals surface area contributed by atoms with E-state index in [2.05, 4.69) is 15.0 Å². The Morgan fingerprint density at radius 3 is 2.18 bits per heavy atom. The van der Waals surface area contributed by atoms with Crippen LogP contribution >= 0.6 is 0 Å². The van der Waals surface area contributed by atoms with E-state index in [-0.39, 0.29) is 10.6 Å². The third kappa shape index (κ3) is 5.70. The molecule has 7 nitrogen and oxygen atoms in total. The number of primary sulfonamides is 1. The lowest BCUT2D eigenvalue weighted by atomic mass is 10.1. The number of sulfonamides is 1. The molecule has 0 saturated heterocycles. The highest BCUT2D eigenvalue weighted by molar-refractivity contribution is 7.89. The van der Waals surface area contributed by atoms with Gasteiger partial charge in [0.1, 0.15) is 17.3 Å². The summed E-state index contributed by atoms with van der Waals surface area (Å²) in [6, 6.07) is 23.3. The highest BCUT2D eigenvalue weighted by Crippen LogP contribution is 2.20. The van der Waals surface area contributed by atoms with E-state index >= 15 is 0 Å². The molecule has 0 aliphatic heterocycles. The Bertz CT molecular complexity index is 1340. The number of halogens is 1. The van der Waals surface area contributed by atoms with Crippen molar-refractivity contribution in [2.75, 3.05) is 7.05 Å². The van der Waals surface area contributed by atoms with Crippen molar-refractivity contribution in [1.29, 1.82) is 0 Å². The molecule has 33 heavy (non-hydrogen) atoms. The zero-order valence-corrected chi connectivity index (χ0v) is 18.9. The van der Waals surface area contributed by atoms with Crippen molar-refractivity contribution < 1.29 is 12.8 Å². The molecule has 0 radical (unpaired) electrons. The van der Waals surface area contributed by atoms with E-state index in [9.17, 15) is 12.8 Å². The molecule has 0 amide bonds. The van der Waals surface area contributed by atoms with E-state index in [1.54, 1.807) is 0 Å². The first-order chi connectivity index (χ1) is 15.8. The van der Waals surface area contributed by atoms with E-state index in [0.717, 1.165) is 17.2 Å². The fraction of sp³-hybridized carbons (Fsp3) is 0.167. The molecule has 0 aliphatic rings. The van der Waals surface area contributed by atoms with Crippen LogP contribution in [-0.2, 0) is 29.5 Å². The van der Waals surface area contributed by atoms with Crippen LogP contribution < -0.4 is 5.14 Å². The lowest BCUT2D eigenvalue weighted by Gasteiger charge is -2.14. The second-order valence-electron chi connectivity index (χ2n) is 7.83. The Hall–Kier alpha value is -3.40. The summed E-state index contributed by atoms with van der Waals surface area (Å²) in [5.41, 5.74) is 2.27. The highest BCUT2D eigenvalue weighted by atomic mass is 32.2. The molecule has 0 bridgehead atoms. The SMILES string of the molecule is CN(Cc1ccccc1)Cc1nc(Cc2ccccc2)n(-c2ccc(S(N)(=O)=O)cc2F)n1. The summed E-state index contributed by atoms with van der Waals surface area (Å²) >= 11 is 0. The van der Waals surface area contributed by atoms with E-state index in [1.807, 2.05) is 67.7 Å². The van der Waals surface area contributed by atoms with Gasteiger partial charge < -0.3 is 0 Å². The Morgan fingerprint density at radius 1 is 0.939 bits per heavy atom. The van der Waals surface area contributed by atoms with Crippen LogP contribution in [0.5, 0.6) is 0 Å². The van der Waals surface area contributed by atoms with Gasteiger partial charge in [0.05, 0.1) is 11.4 Å². The number of rotatable bonds is 8. The van der Waals surface area contributed by atoms with Crippen LogP contribution in [-0.4, -0.2) is 35.1 Å². The Kier molecular flexibility index (Phi) is 6.64. The second-order valence-corrected chi connectivity index (χ2v) is 9.40. The van der Waals surface area contributed by atoms with Gasteiger partial charge in [-0.05, 0) is 36.4 Å². The van der Waals surface area contributed by atoms with Gasteiger partial charge in [-0.1, -0.05) is 60.7 Å². The largest absolute Gasteiger partial charge is 0.295 e. The fourth-order valence-corrected chi connectivity index (χ4v) is 4.10. The molecule has 3 aromatic carbocycles. The van der Waals surface area contributed by atoms with Crippen LogP contribution in [0.4, 0.5) is 4.39 Å². The summed E-state index contributed by atoms with van der Waals surface area (Å²) in [6.07, 6.45) is 0.437. The standard InChI is InChI=1S/C24H24FN5O2S/c1-29(16-19-10-6-3-7-11-19)17-23-27-24(14-18-8-4-2-5-9-18)30(28-23)22-13-12-20(15-21(22)25)33(26,31)32/h2-13,15H,14,16-17H2,1H3,(H2,26,31,32). The maximum absolute atomic E-state index is 14.9. The van der Waals surface area contributed by atoms with Crippen molar-refractivity contribution in [3.63, 3.8) is 0 Å². The van der Waals surface area contributed by atoms with E-state index in [1.165, 1.54) is 16.8 Å². The molecule has 4 aromatic rings. The van der Waals surface area contributed by atoms with Gasteiger partial charge in [0, 0.05) is 13.0 Å². The fourth-order valence-electron chi connectivity index (χ4n) is 3.57. The second kappa shape index (κ2) is 9.62. The van der Waals surface area contributed by atoms with Gasteiger partial charge in [-0.25, -0.2) is 27.6 Å². The summed E-state index contributed by atoms with van der Waals surface area (Å²) in [6.45, 7) is 1.17. The molecule has 4 rings (SSSR count). The molecule has 1 heterocycles. The lowest BCUT2D eigenvalue weighted by molar-refractivity contribution is 0.310. The summed E-state index contributed by atoms with van der Waals surface area (Å²) in [4.78, 5) is 6.45. The molecule has 0 spiro atoms. The average molecular weight is 466 g/mol. The van der Waals surface area contributed by atoms with Gasteiger partial charge in [-0.3, -0.25) is 4.90 Å². The number of benzene rings is 3. The van der Waals surface area contributed by atoms with Crippen molar-refractivity contribution >= 4 is 10.0 Å². The smallest absolute Gasteiger partial charge is 0.238 e. The molecule has 0 unspecified atom stereocenters. The van der Waals surface area contributed by atoms with E-state index in [0.29, 0.717) is 31.2 Å². The van der Waals surface area contributed by atoms with Gasteiger partial charge in [-0.15, -0.1) is 5.10 Å². The minimum absolute atomic E-state index is 0.109. The quantitative estimate of drug-likeness (QED) is 0.431. The molecule has 0 aliphatic carbocycles. The molecule has 2 N–H and O–H groups in total. The summed E-state index contributed by atoms with van der Waals surface area (Å²) < 4.78 is 39.5. The molecule has 170 valence electrons. The van der Waals surface area contributed by atoms with Crippen LogP contribution in [0.25, 0.3) is 5.69 Å². The zero-order valence-electron chi connectivity index (χ0n) is 18.1. The Balaban J connectivity index is 1.67. The van der Waals surface area contributed by atoms with Crippen molar-refractivity contribution in [3.05, 3.63) is 107 Å². The normalized spacial score (nSPS) is 11.8. The van der Waals surface area contributed by atoms with Gasteiger partial charge in [0.2, 0.25) is 10.0 Å². The molecule has 0 saturated carbocycles. The molecular weight excluding hydrogens is 441 g/mol. The first-order valence-electron chi connectivity index (χ1n) is 10.3. The Morgan fingerprint density at radius 2 is 1.58 bits per heavy atom. The predicted octanol–water partition coefficient (Wildman–Crippen LogP) is 3.28. The topological polar surface area (TPSA) is 94.1 Å². The minimum atomic E-state index is -4.02. The molecule has 9 heteroatoms. The summed E-state index contributed by atoms with van der Waals surface area (Å²) in [5, 5.41) is 9.69. The van der Waals surface area contributed by atoms with Gasteiger partial charge >= 0.3 is 0 Å². The summed E-state index contributed by atoms with van der Waals surface area (Å²) in [7, 11) is -2.05. The molecule has 0 atom stereocenters. The first kappa shape index (κ1) is 22.8. The number of hydrogen-bond acceptors (Lipinski definition) is 5. The first-order valence-corrected chi connectivity index (χ1v) is 11.9. The zero-order chi connectivity index (χ0) is 23.4.